The average molecular weight is 309 g/mol. The fraction of sp³-hybridized carbons (Fsp3) is 0.286. The molecule has 0 spiro atoms. The molecule has 20 heavy (non-hydrogen) atoms. The number of rotatable bonds is 4. The highest BCUT2D eigenvalue weighted by Crippen LogP contribution is 2.34. The number of halogens is 2. The van der Waals surface area contributed by atoms with E-state index in [1.807, 2.05) is 18.2 Å². The van der Waals surface area contributed by atoms with Crippen LogP contribution in [0.2, 0.25) is 10.0 Å². The molecule has 1 fully saturated rings. The Bertz CT molecular complexity index is 641. The molecule has 3 rings (SSSR count). The third kappa shape index (κ3) is 2.97. The molecule has 1 saturated carbocycles. The zero-order valence-electron chi connectivity index (χ0n) is 10.7. The first-order valence-electron chi connectivity index (χ1n) is 6.46. The Morgan fingerprint density at radius 3 is 2.80 bits per heavy atom. The third-order valence-corrected chi connectivity index (χ3v) is 4.06. The van der Waals surface area contributed by atoms with Crippen molar-refractivity contribution in [2.45, 2.75) is 12.8 Å². The summed E-state index contributed by atoms with van der Waals surface area (Å²) in [5.41, 5.74) is 7.19. The zero-order valence-corrected chi connectivity index (χ0v) is 12.2. The Hall–Kier alpha value is -1.52. The van der Waals surface area contributed by atoms with Crippen LogP contribution in [0.25, 0.3) is 11.3 Å². The van der Waals surface area contributed by atoms with Crippen LogP contribution in [0.3, 0.4) is 0 Å². The van der Waals surface area contributed by atoms with Crippen LogP contribution in [-0.2, 0) is 0 Å². The monoisotopic (exact) mass is 308 g/mol. The van der Waals surface area contributed by atoms with Crippen LogP contribution in [0.15, 0.2) is 24.3 Å². The number of nitrogens with one attached hydrogen (secondary N) is 1. The molecule has 104 valence electrons. The standard InChI is InChI=1S/C14H14Cl2N4/c15-10-3-1-2-9(13(10)16)11-6-12(20-14(17)19-11)18-7-8-4-5-8/h1-3,6,8H,4-5,7H2,(H3,17,18,19,20). The van der Waals surface area contributed by atoms with Gasteiger partial charge < -0.3 is 11.1 Å². The van der Waals surface area contributed by atoms with E-state index in [2.05, 4.69) is 15.3 Å². The van der Waals surface area contributed by atoms with Gasteiger partial charge in [-0.05, 0) is 24.8 Å². The van der Waals surface area contributed by atoms with Crippen LogP contribution in [0.1, 0.15) is 12.8 Å². The van der Waals surface area contributed by atoms with Crippen molar-refractivity contribution in [1.82, 2.24) is 9.97 Å². The van der Waals surface area contributed by atoms with Gasteiger partial charge in [0.1, 0.15) is 5.82 Å². The van der Waals surface area contributed by atoms with E-state index in [1.54, 1.807) is 6.07 Å². The lowest BCUT2D eigenvalue weighted by Crippen LogP contribution is -2.07. The summed E-state index contributed by atoms with van der Waals surface area (Å²) in [6.45, 7) is 0.916. The SMILES string of the molecule is Nc1nc(NCC2CC2)cc(-c2cccc(Cl)c2Cl)n1. The molecule has 1 aliphatic carbocycles. The minimum Gasteiger partial charge on any atom is -0.370 e. The van der Waals surface area contributed by atoms with Crippen LogP contribution >= 0.6 is 23.2 Å². The molecule has 0 unspecified atom stereocenters. The zero-order chi connectivity index (χ0) is 14.1. The van der Waals surface area contributed by atoms with E-state index in [4.69, 9.17) is 28.9 Å². The molecule has 0 aliphatic heterocycles. The lowest BCUT2D eigenvalue weighted by Gasteiger charge is -2.09. The third-order valence-electron chi connectivity index (χ3n) is 3.24. The number of nitrogens with two attached hydrogens (primary N) is 1. The summed E-state index contributed by atoms with van der Waals surface area (Å²) in [5.74, 6) is 1.69. The van der Waals surface area contributed by atoms with Crippen molar-refractivity contribution >= 4 is 35.0 Å². The van der Waals surface area contributed by atoms with E-state index < -0.39 is 0 Å². The summed E-state index contributed by atoms with van der Waals surface area (Å²) in [6, 6.07) is 7.28. The molecular formula is C14H14Cl2N4. The number of hydrogen-bond acceptors (Lipinski definition) is 4. The lowest BCUT2D eigenvalue weighted by molar-refractivity contribution is 0.882. The average Bonchev–Trinajstić information content (AvgIpc) is 3.23. The highest BCUT2D eigenvalue weighted by molar-refractivity contribution is 6.43. The van der Waals surface area contributed by atoms with Gasteiger partial charge in [0.25, 0.3) is 0 Å². The van der Waals surface area contributed by atoms with Gasteiger partial charge in [0, 0.05) is 18.2 Å². The van der Waals surface area contributed by atoms with Gasteiger partial charge in [-0.2, -0.15) is 4.98 Å². The lowest BCUT2D eigenvalue weighted by atomic mass is 10.1. The number of aromatic nitrogens is 2. The van der Waals surface area contributed by atoms with Crippen LogP contribution in [0, 0.1) is 5.92 Å². The Morgan fingerprint density at radius 2 is 2.05 bits per heavy atom. The maximum Gasteiger partial charge on any atom is 0.222 e. The summed E-state index contributed by atoms with van der Waals surface area (Å²) in [4.78, 5) is 8.42. The Balaban J connectivity index is 1.93. The van der Waals surface area contributed by atoms with Gasteiger partial charge in [-0.15, -0.1) is 0 Å². The molecule has 0 saturated heterocycles. The van der Waals surface area contributed by atoms with Crippen molar-refractivity contribution in [3.05, 3.63) is 34.3 Å². The molecule has 0 bridgehead atoms. The molecular weight excluding hydrogens is 295 g/mol. The molecule has 6 heteroatoms. The van der Waals surface area contributed by atoms with Crippen molar-refractivity contribution in [2.24, 2.45) is 5.92 Å². The first-order chi connectivity index (χ1) is 9.63. The number of benzene rings is 1. The molecule has 1 aliphatic rings. The number of anilines is 2. The van der Waals surface area contributed by atoms with Gasteiger partial charge in [-0.1, -0.05) is 35.3 Å². The number of nitrogen functional groups attached to an aromatic ring is 1. The summed E-state index contributed by atoms with van der Waals surface area (Å²) in [5, 5.41) is 4.25. The van der Waals surface area contributed by atoms with Gasteiger partial charge in [-0.25, -0.2) is 4.98 Å². The van der Waals surface area contributed by atoms with E-state index in [9.17, 15) is 0 Å². The van der Waals surface area contributed by atoms with E-state index >= 15 is 0 Å². The predicted molar refractivity (Wildman–Crippen MR) is 83.1 cm³/mol. The second-order valence-corrected chi connectivity index (χ2v) is 5.71. The summed E-state index contributed by atoms with van der Waals surface area (Å²) in [7, 11) is 0. The van der Waals surface area contributed by atoms with E-state index in [0.29, 0.717) is 15.7 Å². The Morgan fingerprint density at radius 1 is 1.25 bits per heavy atom. The van der Waals surface area contributed by atoms with E-state index in [1.165, 1.54) is 12.8 Å². The molecule has 3 N–H and O–H groups in total. The van der Waals surface area contributed by atoms with Crippen LogP contribution < -0.4 is 11.1 Å². The highest BCUT2D eigenvalue weighted by atomic mass is 35.5. The fourth-order valence-electron chi connectivity index (χ4n) is 1.97. The molecule has 1 aromatic carbocycles. The predicted octanol–water partition coefficient (Wildman–Crippen LogP) is 3.85. The Labute approximate surface area is 127 Å². The van der Waals surface area contributed by atoms with Crippen molar-refractivity contribution in [3.63, 3.8) is 0 Å². The largest absolute Gasteiger partial charge is 0.370 e. The quantitative estimate of drug-likeness (QED) is 0.900. The van der Waals surface area contributed by atoms with Crippen LogP contribution in [-0.4, -0.2) is 16.5 Å². The first-order valence-corrected chi connectivity index (χ1v) is 7.22. The van der Waals surface area contributed by atoms with Gasteiger partial charge in [0.05, 0.1) is 15.7 Å². The summed E-state index contributed by atoms with van der Waals surface area (Å²) < 4.78 is 0. The maximum absolute atomic E-state index is 6.22. The van der Waals surface area contributed by atoms with Crippen molar-refractivity contribution in [3.8, 4) is 11.3 Å². The second-order valence-electron chi connectivity index (χ2n) is 4.92. The van der Waals surface area contributed by atoms with Crippen molar-refractivity contribution in [1.29, 1.82) is 0 Å². The smallest absolute Gasteiger partial charge is 0.222 e. The van der Waals surface area contributed by atoms with Crippen LogP contribution in [0.5, 0.6) is 0 Å². The summed E-state index contributed by atoms with van der Waals surface area (Å²) in [6.07, 6.45) is 2.56. The molecule has 1 heterocycles. The van der Waals surface area contributed by atoms with E-state index in [0.717, 1.165) is 23.8 Å². The van der Waals surface area contributed by atoms with Gasteiger partial charge >= 0.3 is 0 Å². The second kappa shape index (κ2) is 5.46. The molecule has 0 radical (unpaired) electrons. The maximum atomic E-state index is 6.22. The Kier molecular flexibility index (Phi) is 3.68. The van der Waals surface area contributed by atoms with Crippen LogP contribution in [0.4, 0.5) is 11.8 Å². The van der Waals surface area contributed by atoms with Gasteiger partial charge in [0.15, 0.2) is 0 Å². The number of hydrogen-bond donors (Lipinski definition) is 2. The highest BCUT2D eigenvalue weighted by Gasteiger charge is 2.21. The minimum atomic E-state index is 0.219. The van der Waals surface area contributed by atoms with Gasteiger partial charge in [0.2, 0.25) is 5.95 Å². The van der Waals surface area contributed by atoms with E-state index in [-0.39, 0.29) is 5.95 Å². The van der Waals surface area contributed by atoms with Crippen molar-refractivity contribution < 1.29 is 0 Å². The fourth-order valence-corrected chi connectivity index (χ4v) is 2.36. The summed E-state index contributed by atoms with van der Waals surface area (Å²) >= 11 is 12.2. The molecule has 2 aromatic rings. The van der Waals surface area contributed by atoms with Gasteiger partial charge in [-0.3, -0.25) is 0 Å². The molecule has 4 nitrogen and oxygen atoms in total. The molecule has 0 amide bonds. The minimum absolute atomic E-state index is 0.219. The van der Waals surface area contributed by atoms with Crippen molar-refractivity contribution in [2.75, 3.05) is 17.6 Å². The topological polar surface area (TPSA) is 63.8 Å². The number of nitrogens with zero attached hydrogens (tertiary/aromatic N) is 2. The first kappa shape index (κ1) is 13.5. The molecule has 0 atom stereocenters. The normalized spacial score (nSPS) is 14.3. The molecule has 1 aromatic heterocycles.